The molecule has 0 aromatic rings. The summed E-state index contributed by atoms with van der Waals surface area (Å²) in [6, 6.07) is -0.704. The lowest BCUT2D eigenvalue weighted by molar-refractivity contribution is -0.151. The van der Waals surface area contributed by atoms with Crippen LogP contribution in [0.3, 0.4) is 0 Å². The maximum absolute atomic E-state index is 13.3. The normalized spacial score (nSPS) is 13.2. The van der Waals surface area contributed by atoms with E-state index < -0.39 is 18.2 Å². The van der Waals surface area contributed by atoms with Gasteiger partial charge in [0.15, 0.2) is 0 Å². The SMILES string of the molecule is CCCCCCCC/C=C/CCCCCCCCCCCC(=O)OC(CCCCC/C=C/CCCCCCCCCCC)CC(=O)NC(CO)C(O)CCCCCCCCCCCCCCCCCC. The molecule has 3 unspecified atom stereocenters. The van der Waals surface area contributed by atoms with Crippen molar-refractivity contribution in [2.45, 2.75) is 366 Å². The molecule has 6 heteroatoms. The van der Waals surface area contributed by atoms with Crippen molar-refractivity contribution in [2.24, 2.45) is 0 Å². The van der Waals surface area contributed by atoms with Gasteiger partial charge in [-0.3, -0.25) is 9.59 Å². The maximum Gasteiger partial charge on any atom is 0.306 e. The van der Waals surface area contributed by atoms with E-state index >= 15 is 0 Å². The fourth-order valence-corrected chi connectivity index (χ4v) is 9.95. The van der Waals surface area contributed by atoms with Gasteiger partial charge in [0.05, 0.1) is 25.2 Å². The summed E-state index contributed by atoms with van der Waals surface area (Å²) in [7, 11) is 0. The monoisotopic (exact) mass is 986 g/mol. The highest BCUT2D eigenvalue weighted by Crippen LogP contribution is 2.19. The van der Waals surface area contributed by atoms with Gasteiger partial charge < -0.3 is 20.3 Å². The molecule has 414 valence electrons. The fraction of sp³-hybridized carbons (Fsp3) is 0.906. The summed E-state index contributed by atoms with van der Waals surface area (Å²) in [5.74, 6) is -0.470. The summed E-state index contributed by atoms with van der Waals surface area (Å²) in [6.45, 7) is 6.53. The van der Waals surface area contributed by atoms with E-state index in [0.29, 0.717) is 19.3 Å². The second-order valence-electron chi connectivity index (χ2n) is 21.8. The Morgan fingerprint density at radius 3 is 1.03 bits per heavy atom. The quantitative estimate of drug-likeness (QED) is 0.0321. The molecule has 1 amide bonds. The average molecular weight is 987 g/mol. The van der Waals surface area contributed by atoms with Crippen molar-refractivity contribution >= 4 is 11.9 Å². The minimum absolute atomic E-state index is 0.0716. The Hall–Kier alpha value is -1.66. The Bertz CT molecular complexity index is 1110. The van der Waals surface area contributed by atoms with Gasteiger partial charge in [-0.1, -0.05) is 283 Å². The van der Waals surface area contributed by atoms with Crippen molar-refractivity contribution in [3.8, 4) is 0 Å². The van der Waals surface area contributed by atoms with E-state index in [4.69, 9.17) is 4.74 Å². The van der Waals surface area contributed by atoms with Crippen molar-refractivity contribution in [3.05, 3.63) is 24.3 Å². The zero-order chi connectivity index (χ0) is 50.9. The molecule has 3 N–H and O–H groups in total. The molecule has 0 aliphatic rings. The van der Waals surface area contributed by atoms with Crippen LogP contribution >= 0.6 is 0 Å². The maximum atomic E-state index is 13.3. The van der Waals surface area contributed by atoms with E-state index in [-0.39, 0.29) is 24.9 Å². The van der Waals surface area contributed by atoms with Gasteiger partial charge in [-0.25, -0.2) is 0 Å². The lowest BCUT2D eigenvalue weighted by Crippen LogP contribution is -2.46. The number of nitrogens with one attached hydrogen (secondary N) is 1. The highest BCUT2D eigenvalue weighted by molar-refractivity contribution is 5.77. The molecule has 0 radical (unpaired) electrons. The Kier molecular flexibility index (Phi) is 56.9. The summed E-state index contributed by atoms with van der Waals surface area (Å²) in [6.07, 6.45) is 69.7. The van der Waals surface area contributed by atoms with Gasteiger partial charge in [0.2, 0.25) is 5.91 Å². The summed E-state index contributed by atoms with van der Waals surface area (Å²) in [5.41, 5.74) is 0. The molecule has 0 aliphatic carbocycles. The minimum atomic E-state index is -0.790. The smallest absolute Gasteiger partial charge is 0.306 e. The highest BCUT2D eigenvalue weighted by Gasteiger charge is 2.24. The molecule has 70 heavy (non-hydrogen) atoms. The van der Waals surface area contributed by atoms with Crippen molar-refractivity contribution in [1.29, 1.82) is 0 Å². The molecule has 0 aliphatic heterocycles. The van der Waals surface area contributed by atoms with Gasteiger partial charge in [0.1, 0.15) is 6.10 Å². The third-order valence-corrected chi connectivity index (χ3v) is 14.8. The fourth-order valence-electron chi connectivity index (χ4n) is 9.95. The van der Waals surface area contributed by atoms with Gasteiger partial charge in [-0.05, 0) is 77.0 Å². The highest BCUT2D eigenvalue weighted by atomic mass is 16.5. The van der Waals surface area contributed by atoms with Gasteiger partial charge in [-0.15, -0.1) is 0 Å². The second-order valence-corrected chi connectivity index (χ2v) is 21.8. The molecular weight excluding hydrogens is 863 g/mol. The predicted octanol–water partition coefficient (Wildman–Crippen LogP) is 19.8. The van der Waals surface area contributed by atoms with E-state index in [9.17, 15) is 19.8 Å². The predicted molar refractivity (Wildman–Crippen MR) is 306 cm³/mol. The molecule has 3 atom stereocenters. The number of carbonyl (C=O) groups excluding carboxylic acids is 2. The first kappa shape index (κ1) is 68.3. The molecule has 0 aromatic heterocycles. The number of amides is 1. The van der Waals surface area contributed by atoms with E-state index in [0.717, 1.165) is 57.8 Å². The first-order valence-corrected chi connectivity index (χ1v) is 31.6. The average Bonchev–Trinajstić information content (AvgIpc) is 3.35. The number of aliphatic hydroxyl groups excluding tert-OH is 2. The summed E-state index contributed by atoms with van der Waals surface area (Å²) in [4.78, 5) is 26.4. The van der Waals surface area contributed by atoms with Crippen LogP contribution in [0, 0.1) is 0 Å². The van der Waals surface area contributed by atoms with Crippen molar-refractivity contribution in [2.75, 3.05) is 6.61 Å². The Labute approximate surface area is 437 Å². The van der Waals surface area contributed by atoms with E-state index in [1.807, 2.05) is 0 Å². The molecule has 0 aromatic carbocycles. The largest absolute Gasteiger partial charge is 0.462 e. The van der Waals surface area contributed by atoms with Crippen molar-refractivity contribution in [1.82, 2.24) is 5.32 Å². The number of unbranched alkanes of at least 4 members (excludes halogenated alkanes) is 42. The topological polar surface area (TPSA) is 95.9 Å². The molecule has 0 saturated carbocycles. The molecule has 6 nitrogen and oxygen atoms in total. The van der Waals surface area contributed by atoms with Crippen LogP contribution in [0.1, 0.15) is 348 Å². The number of hydrogen-bond acceptors (Lipinski definition) is 5. The number of esters is 1. The molecule has 0 saturated heterocycles. The molecule has 0 fully saturated rings. The number of ether oxygens (including phenoxy) is 1. The first-order chi connectivity index (χ1) is 34.5. The van der Waals surface area contributed by atoms with Crippen LogP contribution in [0.4, 0.5) is 0 Å². The number of hydrogen-bond donors (Lipinski definition) is 3. The van der Waals surface area contributed by atoms with Crippen LogP contribution in [0.25, 0.3) is 0 Å². The van der Waals surface area contributed by atoms with Gasteiger partial charge in [0, 0.05) is 6.42 Å². The van der Waals surface area contributed by atoms with Gasteiger partial charge in [-0.2, -0.15) is 0 Å². The Morgan fingerprint density at radius 2 is 0.686 bits per heavy atom. The van der Waals surface area contributed by atoms with E-state index in [1.165, 1.54) is 244 Å². The number of aliphatic hydroxyl groups is 2. The third kappa shape index (κ3) is 52.7. The van der Waals surface area contributed by atoms with Crippen LogP contribution in [-0.4, -0.2) is 46.9 Å². The van der Waals surface area contributed by atoms with Crippen molar-refractivity contribution < 1.29 is 24.5 Å². The molecular formula is C64H123NO5. The Morgan fingerprint density at radius 1 is 0.400 bits per heavy atom. The molecule has 0 bridgehead atoms. The molecule has 0 heterocycles. The van der Waals surface area contributed by atoms with E-state index in [1.54, 1.807) is 0 Å². The lowest BCUT2D eigenvalue weighted by atomic mass is 10.0. The zero-order valence-electron chi connectivity index (χ0n) is 47.4. The lowest BCUT2D eigenvalue weighted by Gasteiger charge is -2.24. The standard InChI is InChI=1S/C64H123NO5/c1-4-7-10-13-16-19-22-25-28-31-32-33-36-39-42-45-48-51-54-57-64(69)70-60(55-52-49-46-43-40-37-34-29-26-23-20-17-14-11-8-5-2)58-63(68)65-61(59-66)62(67)56-53-50-47-44-41-38-35-30-27-24-21-18-15-12-9-6-3/h25,28,37,40,60-62,66-67H,4-24,26-27,29-36,38-39,41-59H2,1-3H3,(H,65,68)/b28-25+,40-37+. The Balaban J connectivity index is 4.51. The number of allylic oxidation sites excluding steroid dienone is 4. The first-order valence-electron chi connectivity index (χ1n) is 31.6. The summed E-state index contributed by atoms with van der Waals surface area (Å²) in [5, 5.41) is 24.0. The minimum Gasteiger partial charge on any atom is -0.462 e. The second kappa shape index (κ2) is 58.2. The summed E-state index contributed by atoms with van der Waals surface area (Å²) >= 11 is 0. The van der Waals surface area contributed by atoms with Crippen LogP contribution in [0.15, 0.2) is 24.3 Å². The molecule has 0 rings (SSSR count). The van der Waals surface area contributed by atoms with Crippen molar-refractivity contribution in [3.63, 3.8) is 0 Å². The van der Waals surface area contributed by atoms with E-state index in [2.05, 4.69) is 50.4 Å². The number of carbonyl (C=O) groups is 2. The number of rotatable bonds is 58. The van der Waals surface area contributed by atoms with Crippen LogP contribution in [0.5, 0.6) is 0 Å². The van der Waals surface area contributed by atoms with Crippen LogP contribution in [-0.2, 0) is 14.3 Å². The summed E-state index contributed by atoms with van der Waals surface area (Å²) < 4.78 is 5.98. The molecule has 0 spiro atoms. The van der Waals surface area contributed by atoms with Gasteiger partial charge >= 0.3 is 5.97 Å². The zero-order valence-corrected chi connectivity index (χ0v) is 47.4. The van der Waals surface area contributed by atoms with Crippen LogP contribution in [0.2, 0.25) is 0 Å². The van der Waals surface area contributed by atoms with Gasteiger partial charge in [0.25, 0.3) is 0 Å². The van der Waals surface area contributed by atoms with Crippen LogP contribution < -0.4 is 5.32 Å². The third-order valence-electron chi connectivity index (χ3n) is 14.8.